The molecule has 0 aromatic carbocycles. The van der Waals surface area contributed by atoms with Gasteiger partial charge in [-0.15, -0.1) is 0 Å². The minimum Gasteiger partial charge on any atom is -0.466 e. The quantitative estimate of drug-likeness (QED) is 0.493. The van der Waals surface area contributed by atoms with Gasteiger partial charge in [0.25, 0.3) is 0 Å². The molecule has 4 rings (SSSR count). The second-order valence-corrected chi connectivity index (χ2v) is 4.98. The fraction of sp³-hybridized carbons (Fsp3) is 0.727. The molecule has 0 aromatic rings. The van der Waals surface area contributed by atoms with Gasteiger partial charge in [-0.25, -0.2) is 4.79 Å². The summed E-state index contributed by atoms with van der Waals surface area (Å²) in [7, 11) is 1.33. The second-order valence-electron chi connectivity index (χ2n) is 4.98. The maximum atomic E-state index is 11.6. The first-order valence-electron chi connectivity index (χ1n) is 5.61. The lowest BCUT2D eigenvalue weighted by molar-refractivity contribution is -0.347. The number of methoxy groups -OCH3 is 1. The number of aliphatic hydroxyl groups is 1. The van der Waals surface area contributed by atoms with E-state index in [2.05, 4.69) is 0 Å². The highest BCUT2D eigenvalue weighted by Gasteiger charge is 2.81. The lowest BCUT2D eigenvalue weighted by atomic mass is 9.82. The molecule has 0 radical (unpaired) electrons. The monoisotopic (exact) mass is 240 g/mol. The number of esters is 1. The van der Waals surface area contributed by atoms with Gasteiger partial charge in [0, 0.05) is 5.92 Å². The van der Waals surface area contributed by atoms with Crippen molar-refractivity contribution in [3.8, 4) is 0 Å². The van der Waals surface area contributed by atoms with Gasteiger partial charge in [0.05, 0.1) is 31.3 Å². The topological polar surface area (TPSA) is 77.5 Å². The van der Waals surface area contributed by atoms with Crippen LogP contribution in [0.1, 0.15) is 6.42 Å². The van der Waals surface area contributed by atoms with Crippen molar-refractivity contribution in [3.63, 3.8) is 0 Å². The van der Waals surface area contributed by atoms with Crippen molar-refractivity contribution >= 4 is 5.97 Å². The number of epoxide rings is 1. The molecule has 4 aliphatic rings. The normalized spacial score (nSPS) is 53.3. The molecule has 5 atom stereocenters. The molecule has 3 aliphatic heterocycles. The van der Waals surface area contributed by atoms with Crippen molar-refractivity contribution in [3.05, 3.63) is 11.8 Å². The van der Waals surface area contributed by atoms with Gasteiger partial charge < -0.3 is 24.1 Å². The molecule has 17 heavy (non-hydrogen) atoms. The van der Waals surface area contributed by atoms with E-state index in [9.17, 15) is 9.90 Å². The summed E-state index contributed by atoms with van der Waals surface area (Å²) < 4.78 is 20.8. The molecular weight excluding hydrogens is 228 g/mol. The van der Waals surface area contributed by atoms with E-state index in [0.717, 1.165) is 0 Å². The van der Waals surface area contributed by atoms with E-state index in [1.165, 1.54) is 13.4 Å². The minimum atomic E-state index is -1.65. The van der Waals surface area contributed by atoms with E-state index < -0.39 is 17.5 Å². The minimum absolute atomic E-state index is 0.0567. The smallest absolute Gasteiger partial charge is 0.337 e. The van der Waals surface area contributed by atoms with E-state index in [1.807, 2.05) is 0 Å². The van der Waals surface area contributed by atoms with Crippen LogP contribution in [0.25, 0.3) is 0 Å². The van der Waals surface area contributed by atoms with Crippen LogP contribution in [0.15, 0.2) is 11.8 Å². The van der Waals surface area contributed by atoms with Gasteiger partial charge >= 0.3 is 11.9 Å². The molecule has 92 valence electrons. The van der Waals surface area contributed by atoms with Crippen LogP contribution in [-0.4, -0.2) is 42.5 Å². The molecule has 2 saturated heterocycles. The van der Waals surface area contributed by atoms with Crippen molar-refractivity contribution < 1.29 is 28.8 Å². The SMILES string of the molecule is COC(=O)C1=CO[C@]2(O)OC[C@]34OC3C[C@H]1[C@H]24. The summed E-state index contributed by atoms with van der Waals surface area (Å²) in [6, 6.07) is 0. The Labute approximate surface area is 97.1 Å². The lowest BCUT2D eigenvalue weighted by Gasteiger charge is -2.36. The van der Waals surface area contributed by atoms with Gasteiger partial charge in [0.1, 0.15) is 11.9 Å². The Morgan fingerprint density at radius 2 is 2.47 bits per heavy atom. The molecule has 6 nitrogen and oxygen atoms in total. The van der Waals surface area contributed by atoms with Crippen LogP contribution in [-0.2, 0) is 23.7 Å². The van der Waals surface area contributed by atoms with Crippen molar-refractivity contribution in [2.45, 2.75) is 24.1 Å². The summed E-state index contributed by atoms with van der Waals surface area (Å²) in [5.74, 6) is -2.50. The van der Waals surface area contributed by atoms with Gasteiger partial charge in [0.2, 0.25) is 0 Å². The molecule has 3 fully saturated rings. The van der Waals surface area contributed by atoms with E-state index in [0.29, 0.717) is 18.6 Å². The summed E-state index contributed by atoms with van der Waals surface area (Å²) in [5.41, 5.74) is 0.00953. The number of hydrogen-bond donors (Lipinski definition) is 1. The Bertz CT molecular complexity index is 445. The summed E-state index contributed by atoms with van der Waals surface area (Å²) in [6.07, 6.45) is 2.03. The molecule has 0 bridgehead atoms. The summed E-state index contributed by atoms with van der Waals surface area (Å²) in [5, 5.41) is 10.2. The maximum absolute atomic E-state index is 11.6. The highest BCUT2D eigenvalue weighted by atomic mass is 16.8. The van der Waals surface area contributed by atoms with E-state index in [4.69, 9.17) is 18.9 Å². The average Bonchev–Trinajstić information content (AvgIpc) is 2.76. The molecule has 0 amide bonds. The van der Waals surface area contributed by atoms with Crippen LogP contribution < -0.4 is 0 Å². The number of ether oxygens (including phenoxy) is 4. The summed E-state index contributed by atoms with van der Waals surface area (Å²) in [4.78, 5) is 11.6. The van der Waals surface area contributed by atoms with Gasteiger partial charge in [-0.2, -0.15) is 0 Å². The van der Waals surface area contributed by atoms with Gasteiger partial charge in [0.15, 0.2) is 0 Å². The second kappa shape index (κ2) is 2.66. The molecule has 3 heterocycles. The Hall–Kier alpha value is -1.11. The van der Waals surface area contributed by atoms with E-state index in [-0.39, 0.29) is 17.9 Å². The van der Waals surface area contributed by atoms with Crippen LogP contribution in [0.3, 0.4) is 0 Å². The molecule has 1 aliphatic carbocycles. The van der Waals surface area contributed by atoms with Gasteiger partial charge in [-0.3, -0.25) is 0 Å². The summed E-state index contributed by atoms with van der Waals surface area (Å²) >= 11 is 0. The average molecular weight is 240 g/mol. The molecule has 6 heteroatoms. The number of carbonyl (C=O) groups excluding carboxylic acids is 1. The largest absolute Gasteiger partial charge is 0.466 e. The zero-order chi connectivity index (χ0) is 11.8. The van der Waals surface area contributed by atoms with E-state index >= 15 is 0 Å². The summed E-state index contributed by atoms with van der Waals surface area (Å²) in [6.45, 7) is 0.317. The number of hydrogen-bond acceptors (Lipinski definition) is 6. The van der Waals surface area contributed by atoms with Crippen LogP contribution in [0, 0.1) is 11.8 Å². The van der Waals surface area contributed by atoms with Crippen molar-refractivity contribution in [1.82, 2.24) is 0 Å². The first-order valence-corrected chi connectivity index (χ1v) is 5.61. The first kappa shape index (κ1) is 9.87. The van der Waals surface area contributed by atoms with Gasteiger partial charge in [-0.05, 0) is 6.42 Å². The predicted octanol–water partition coefficient (Wildman–Crippen LogP) is -0.477. The molecule has 1 spiro atoms. The van der Waals surface area contributed by atoms with Crippen molar-refractivity contribution in [2.75, 3.05) is 13.7 Å². The number of carbonyl (C=O) groups is 1. The van der Waals surface area contributed by atoms with Crippen LogP contribution in [0.4, 0.5) is 0 Å². The Kier molecular flexibility index (Phi) is 1.54. The zero-order valence-electron chi connectivity index (χ0n) is 9.21. The molecular formula is C11H12O6. The van der Waals surface area contributed by atoms with Crippen LogP contribution in [0.2, 0.25) is 0 Å². The Morgan fingerprint density at radius 1 is 1.65 bits per heavy atom. The molecule has 0 aromatic heterocycles. The Morgan fingerprint density at radius 3 is 3.24 bits per heavy atom. The first-order chi connectivity index (χ1) is 8.11. The lowest BCUT2D eigenvalue weighted by Crippen LogP contribution is -2.47. The molecule has 1 unspecified atom stereocenters. The third kappa shape index (κ3) is 0.955. The third-order valence-electron chi connectivity index (χ3n) is 4.32. The van der Waals surface area contributed by atoms with E-state index in [1.54, 1.807) is 0 Å². The van der Waals surface area contributed by atoms with Crippen molar-refractivity contribution in [2.24, 2.45) is 11.8 Å². The van der Waals surface area contributed by atoms with Gasteiger partial charge in [-0.1, -0.05) is 0 Å². The molecule has 1 N–H and O–H groups in total. The molecule has 1 saturated carbocycles. The highest BCUT2D eigenvalue weighted by molar-refractivity contribution is 5.89. The maximum Gasteiger partial charge on any atom is 0.337 e. The van der Waals surface area contributed by atoms with Crippen LogP contribution >= 0.6 is 0 Å². The zero-order valence-corrected chi connectivity index (χ0v) is 9.21. The fourth-order valence-electron chi connectivity index (χ4n) is 3.51. The highest BCUT2D eigenvalue weighted by Crippen LogP contribution is 2.66. The third-order valence-corrected chi connectivity index (χ3v) is 4.32. The Balaban J connectivity index is 1.77. The predicted molar refractivity (Wildman–Crippen MR) is 51.3 cm³/mol. The standard InChI is InChI=1S/C11H12O6/c1-14-9(12)6-3-15-11(13)8-5(6)2-7-10(8,17-7)4-16-11/h3,5,7-8,13H,2,4H2,1H3/t5-,7?,8+,10+,11+/m1/s1. The van der Waals surface area contributed by atoms with Crippen molar-refractivity contribution in [1.29, 1.82) is 0 Å². The number of rotatable bonds is 1. The van der Waals surface area contributed by atoms with Crippen LogP contribution in [0.5, 0.6) is 0 Å². The fourth-order valence-corrected chi connectivity index (χ4v) is 3.51.